The van der Waals surface area contributed by atoms with Crippen LogP contribution < -0.4 is 0 Å². The van der Waals surface area contributed by atoms with Gasteiger partial charge in [0.05, 0.1) is 13.5 Å². The number of likely N-dealkylation sites (tertiary alicyclic amines) is 1. The molecule has 0 saturated carbocycles. The lowest BCUT2D eigenvalue weighted by Crippen LogP contribution is -2.19. The number of methoxy groups -OCH3 is 1. The molecule has 3 heteroatoms. The molecule has 0 spiro atoms. The zero-order chi connectivity index (χ0) is 10.4. The number of carbonyl (C=O) groups is 1. The smallest absolute Gasteiger partial charge is 0.309 e. The second-order valence-corrected chi connectivity index (χ2v) is 3.65. The molecule has 0 radical (unpaired) electrons. The Balaban J connectivity index is 2.21. The average Bonchev–Trinajstić information content (AvgIpc) is 2.65. The third-order valence-corrected chi connectivity index (χ3v) is 2.68. The summed E-state index contributed by atoms with van der Waals surface area (Å²) in [6, 6.07) is 0. The monoisotopic (exact) mass is 197 g/mol. The van der Waals surface area contributed by atoms with Crippen LogP contribution in [0.25, 0.3) is 0 Å². The van der Waals surface area contributed by atoms with E-state index in [1.165, 1.54) is 20.1 Å². The highest BCUT2D eigenvalue weighted by molar-refractivity contribution is 5.70. The second kappa shape index (κ2) is 5.81. The van der Waals surface area contributed by atoms with Gasteiger partial charge in [0.25, 0.3) is 0 Å². The highest BCUT2D eigenvalue weighted by atomic mass is 16.5. The van der Waals surface area contributed by atoms with Gasteiger partial charge in [-0.1, -0.05) is 19.1 Å². The molecule has 0 aliphatic carbocycles. The Morgan fingerprint density at radius 1 is 1.64 bits per heavy atom. The van der Waals surface area contributed by atoms with Crippen LogP contribution >= 0.6 is 0 Å². The Morgan fingerprint density at radius 2 is 2.43 bits per heavy atom. The van der Waals surface area contributed by atoms with Crippen molar-refractivity contribution in [3.8, 4) is 0 Å². The molecule has 14 heavy (non-hydrogen) atoms. The quantitative estimate of drug-likeness (QED) is 0.504. The molecule has 1 saturated heterocycles. The molecule has 1 rings (SSSR count). The number of hydrogen-bond donors (Lipinski definition) is 0. The fourth-order valence-corrected chi connectivity index (χ4v) is 1.75. The number of carbonyl (C=O) groups excluding carboxylic acids is 1. The molecule has 3 nitrogen and oxygen atoms in total. The zero-order valence-electron chi connectivity index (χ0n) is 9.03. The van der Waals surface area contributed by atoms with Crippen molar-refractivity contribution in [2.24, 2.45) is 5.92 Å². The van der Waals surface area contributed by atoms with Gasteiger partial charge in [-0.05, 0) is 25.4 Å². The van der Waals surface area contributed by atoms with Gasteiger partial charge < -0.3 is 9.64 Å². The summed E-state index contributed by atoms with van der Waals surface area (Å²) >= 11 is 0. The molecule has 0 amide bonds. The maximum absolute atomic E-state index is 10.8. The number of rotatable bonds is 4. The maximum atomic E-state index is 10.8. The molecular weight excluding hydrogens is 178 g/mol. The minimum Gasteiger partial charge on any atom is -0.469 e. The Bertz CT molecular complexity index is 213. The van der Waals surface area contributed by atoms with Crippen molar-refractivity contribution in [3.05, 3.63) is 12.2 Å². The van der Waals surface area contributed by atoms with Gasteiger partial charge in [-0.15, -0.1) is 0 Å². The molecule has 0 bridgehead atoms. The molecular formula is C11H19NO2. The first-order chi connectivity index (χ1) is 6.76. The van der Waals surface area contributed by atoms with Crippen molar-refractivity contribution < 1.29 is 9.53 Å². The molecule has 1 unspecified atom stereocenters. The lowest BCUT2D eigenvalue weighted by Gasteiger charge is -2.10. The predicted octanol–water partition coefficient (Wildman–Crippen LogP) is 1.45. The van der Waals surface area contributed by atoms with E-state index in [0.29, 0.717) is 12.3 Å². The van der Waals surface area contributed by atoms with Crippen LogP contribution in [-0.2, 0) is 9.53 Å². The van der Waals surface area contributed by atoms with Gasteiger partial charge in [-0.3, -0.25) is 4.79 Å². The molecule has 1 fully saturated rings. The van der Waals surface area contributed by atoms with Gasteiger partial charge in [-0.25, -0.2) is 0 Å². The third kappa shape index (κ3) is 3.50. The molecule has 80 valence electrons. The van der Waals surface area contributed by atoms with Gasteiger partial charge in [-0.2, -0.15) is 0 Å². The van der Waals surface area contributed by atoms with Crippen LogP contribution in [0.1, 0.15) is 19.8 Å². The Kier molecular flexibility index (Phi) is 4.66. The van der Waals surface area contributed by atoms with E-state index in [0.717, 1.165) is 13.1 Å². The van der Waals surface area contributed by atoms with Gasteiger partial charge >= 0.3 is 5.97 Å². The molecule has 1 atom stereocenters. The van der Waals surface area contributed by atoms with Crippen LogP contribution in [0.2, 0.25) is 0 Å². The van der Waals surface area contributed by atoms with Crippen LogP contribution in [0.4, 0.5) is 0 Å². The molecule has 0 aromatic carbocycles. The summed E-state index contributed by atoms with van der Waals surface area (Å²) in [7, 11) is 1.42. The van der Waals surface area contributed by atoms with Gasteiger partial charge in [0.15, 0.2) is 0 Å². The lowest BCUT2D eigenvalue weighted by atomic mass is 10.1. The van der Waals surface area contributed by atoms with E-state index in [1.807, 2.05) is 6.08 Å². The van der Waals surface area contributed by atoms with E-state index < -0.39 is 0 Å². The highest BCUT2D eigenvalue weighted by Gasteiger charge is 2.18. The van der Waals surface area contributed by atoms with E-state index in [4.69, 9.17) is 0 Å². The lowest BCUT2D eigenvalue weighted by molar-refractivity contribution is -0.139. The summed E-state index contributed by atoms with van der Waals surface area (Å²) in [4.78, 5) is 13.2. The fourth-order valence-electron chi connectivity index (χ4n) is 1.75. The topological polar surface area (TPSA) is 29.5 Å². The van der Waals surface area contributed by atoms with Crippen molar-refractivity contribution in [1.82, 2.24) is 4.90 Å². The number of nitrogens with zero attached hydrogens (tertiary/aromatic N) is 1. The first-order valence-electron chi connectivity index (χ1n) is 5.22. The molecule has 1 aliphatic heterocycles. The normalized spacial score (nSPS) is 23.1. The van der Waals surface area contributed by atoms with Gasteiger partial charge in [0.2, 0.25) is 0 Å². The summed E-state index contributed by atoms with van der Waals surface area (Å²) < 4.78 is 4.56. The summed E-state index contributed by atoms with van der Waals surface area (Å²) in [6.45, 7) is 5.62. The molecule has 1 aliphatic rings. The summed E-state index contributed by atoms with van der Waals surface area (Å²) in [5.74, 6) is 0.464. The van der Waals surface area contributed by atoms with Crippen LogP contribution in [0.15, 0.2) is 12.2 Å². The standard InChI is InChI=1S/C11H19NO2/c1-3-12-8-7-10(9-12)5-4-6-11(13)14-2/h4-5,10H,3,6-9H2,1-2H3/b5-4-. The molecule has 0 N–H and O–H groups in total. The summed E-state index contributed by atoms with van der Waals surface area (Å²) in [5.41, 5.74) is 0. The molecule has 1 heterocycles. The van der Waals surface area contributed by atoms with Crippen molar-refractivity contribution >= 4 is 5.97 Å². The average molecular weight is 197 g/mol. The van der Waals surface area contributed by atoms with Gasteiger partial charge in [0, 0.05) is 6.54 Å². The second-order valence-electron chi connectivity index (χ2n) is 3.65. The van der Waals surface area contributed by atoms with E-state index in [9.17, 15) is 4.79 Å². The Labute approximate surface area is 85.7 Å². The van der Waals surface area contributed by atoms with Crippen molar-refractivity contribution in [2.75, 3.05) is 26.7 Å². The van der Waals surface area contributed by atoms with Crippen molar-refractivity contribution in [3.63, 3.8) is 0 Å². The molecule has 0 aromatic heterocycles. The van der Waals surface area contributed by atoms with E-state index >= 15 is 0 Å². The van der Waals surface area contributed by atoms with Crippen LogP contribution in [0.3, 0.4) is 0 Å². The number of hydrogen-bond acceptors (Lipinski definition) is 3. The predicted molar refractivity (Wildman–Crippen MR) is 56.0 cm³/mol. The Hall–Kier alpha value is -0.830. The molecule has 0 aromatic rings. The van der Waals surface area contributed by atoms with Crippen molar-refractivity contribution in [2.45, 2.75) is 19.8 Å². The summed E-state index contributed by atoms with van der Waals surface area (Å²) in [5, 5.41) is 0. The minimum atomic E-state index is -0.161. The SMILES string of the molecule is CCN1CCC(/C=C\CC(=O)OC)C1. The minimum absolute atomic E-state index is 0.161. The van der Waals surface area contributed by atoms with Crippen LogP contribution in [-0.4, -0.2) is 37.6 Å². The van der Waals surface area contributed by atoms with E-state index in [1.54, 1.807) is 0 Å². The zero-order valence-corrected chi connectivity index (χ0v) is 9.03. The highest BCUT2D eigenvalue weighted by Crippen LogP contribution is 2.16. The first kappa shape index (κ1) is 11.2. The third-order valence-electron chi connectivity index (χ3n) is 2.68. The van der Waals surface area contributed by atoms with E-state index in [-0.39, 0.29) is 5.97 Å². The Morgan fingerprint density at radius 3 is 3.00 bits per heavy atom. The van der Waals surface area contributed by atoms with Gasteiger partial charge in [0.1, 0.15) is 0 Å². The first-order valence-corrected chi connectivity index (χ1v) is 5.22. The van der Waals surface area contributed by atoms with Crippen molar-refractivity contribution in [1.29, 1.82) is 0 Å². The largest absolute Gasteiger partial charge is 0.469 e. The number of esters is 1. The fraction of sp³-hybridized carbons (Fsp3) is 0.727. The summed E-state index contributed by atoms with van der Waals surface area (Å²) in [6.07, 6.45) is 5.69. The number of ether oxygens (including phenoxy) is 1. The maximum Gasteiger partial charge on any atom is 0.309 e. The van der Waals surface area contributed by atoms with Crippen LogP contribution in [0, 0.1) is 5.92 Å². The van der Waals surface area contributed by atoms with Crippen LogP contribution in [0.5, 0.6) is 0 Å². The van der Waals surface area contributed by atoms with E-state index in [2.05, 4.69) is 22.6 Å².